The predicted molar refractivity (Wildman–Crippen MR) is 96.2 cm³/mol. The van der Waals surface area contributed by atoms with Crippen LogP contribution in [-0.4, -0.2) is 29.3 Å². The SMILES string of the molecule is CN(C)c1cc(/C(N)=N/OCc2cn3ccccc3c2C#N)ccn1. The summed E-state index contributed by atoms with van der Waals surface area (Å²) in [6.45, 7) is 0.164. The van der Waals surface area contributed by atoms with Gasteiger partial charge < -0.3 is 19.9 Å². The first-order valence-corrected chi connectivity index (χ1v) is 7.68. The first kappa shape index (κ1) is 16.3. The molecule has 126 valence electrons. The summed E-state index contributed by atoms with van der Waals surface area (Å²) in [5.41, 5.74) is 8.88. The molecular formula is C18H18N6O. The van der Waals surface area contributed by atoms with Crippen LogP contribution < -0.4 is 10.6 Å². The highest BCUT2D eigenvalue weighted by Gasteiger charge is 2.10. The number of hydrogen-bond donors (Lipinski definition) is 1. The van der Waals surface area contributed by atoms with Crippen molar-refractivity contribution in [3.63, 3.8) is 0 Å². The van der Waals surface area contributed by atoms with Gasteiger partial charge in [0, 0.05) is 43.8 Å². The van der Waals surface area contributed by atoms with Crippen LogP contribution >= 0.6 is 0 Å². The predicted octanol–water partition coefficient (Wildman–Crippen LogP) is 2.11. The zero-order valence-electron chi connectivity index (χ0n) is 14.0. The number of anilines is 1. The van der Waals surface area contributed by atoms with Gasteiger partial charge in [-0.2, -0.15) is 5.26 Å². The Balaban J connectivity index is 1.77. The Kier molecular flexibility index (Phi) is 4.53. The highest BCUT2D eigenvalue weighted by Crippen LogP contribution is 2.18. The average Bonchev–Trinajstić information content (AvgIpc) is 2.99. The zero-order chi connectivity index (χ0) is 17.8. The highest BCUT2D eigenvalue weighted by molar-refractivity contribution is 5.97. The maximum atomic E-state index is 9.38. The lowest BCUT2D eigenvalue weighted by molar-refractivity contribution is 0.130. The maximum Gasteiger partial charge on any atom is 0.170 e. The van der Waals surface area contributed by atoms with Crippen LogP contribution in [0.25, 0.3) is 5.52 Å². The zero-order valence-corrected chi connectivity index (χ0v) is 14.0. The largest absolute Gasteiger partial charge is 0.389 e. The molecule has 0 aliphatic rings. The number of hydrogen-bond acceptors (Lipinski definition) is 5. The smallest absolute Gasteiger partial charge is 0.170 e. The summed E-state index contributed by atoms with van der Waals surface area (Å²) in [6.07, 6.45) is 5.41. The van der Waals surface area contributed by atoms with Crippen LogP contribution in [0.5, 0.6) is 0 Å². The molecule has 0 atom stereocenters. The summed E-state index contributed by atoms with van der Waals surface area (Å²) in [6, 6.07) is 11.5. The van der Waals surface area contributed by atoms with Gasteiger partial charge in [-0.25, -0.2) is 4.98 Å². The molecule has 0 saturated heterocycles. The summed E-state index contributed by atoms with van der Waals surface area (Å²) in [5.74, 6) is 1.04. The number of rotatable bonds is 5. The molecule has 25 heavy (non-hydrogen) atoms. The number of fused-ring (bicyclic) bond motifs is 1. The normalized spacial score (nSPS) is 11.3. The highest BCUT2D eigenvalue weighted by atomic mass is 16.6. The molecule has 0 aliphatic carbocycles. The quantitative estimate of drug-likeness (QED) is 0.438. The van der Waals surface area contributed by atoms with E-state index in [1.807, 2.05) is 60.1 Å². The van der Waals surface area contributed by atoms with Gasteiger partial charge >= 0.3 is 0 Å². The molecule has 3 rings (SSSR count). The van der Waals surface area contributed by atoms with Crippen LogP contribution in [0.1, 0.15) is 16.7 Å². The summed E-state index contributed by atoms with van der Waals surface area (Å²) in [5, 5.41) is 13.3. The number of nitrogens with two attached hydrogens (primary N) is 1. The minimum absolute atomic E-state index is 0.164. The van der Waals surface area contributed by atoms with E-state index in [1.54, 1.807) is 12.3 Å². The lowest BCUT2D eigenvalue weighted by atomic mass is 10.2. The van der Waals surface area contributed by atoms with Gasteiger partial charge in [-0.1, -0.05) is 11.2 Å². The summed E-state index contributed by atoms with van der Waals surface area (Å²) < 4.78 is 1.89. The number of oxime groups is 1. The van der Waals surface area contributed by atoms with Crippen LogP contribution in [0.2, 0.25) is 0 Å². The Morgan fingerprint density at radius 3 is 3.00 bits per heavy atom. The Morgan fingerprint density at radius 2 is 2.24 bits per heavy atom. The molecule has 0 spiro atoms. The first-order valence-electron chi connectivity index (χ1n) is 7.68. The monoisotopic (exact) mass is 334 g/mol. The van der Waals surface area contributed by atoms with Crippen LogP contribution in [0.3, 0.4) is 0 Å². The van der Waals surface area contributed by atoms with Gasteiger partial charge in [0.05, 0.1) is 11.1 Å². The van der Waals surface area contributed by atoms with E-state index in [4.69, 9.17) is 10.6 Å². The number of nitrogens with zero attached hydrogens (tertiary/aromatic N) is 5. The molecule has 2 N–H and O–H groups in total. The van der Waals surface area contributed by atoms with E-state index >= 15 is 0 Å². The lowest BCUT2D eigenvalue weighted by Crippen LogP contribution is -2.16. The molecule has 0 amide bonds. The van der Waals surface area contributed by atoms with Crippen molar-refractivity contribution in [3.05, 3.63) is 65.6 Å². The molecule has 0 aromatic carbocycles. The first-order chi connectivity index (χ1) is 12.1. The molecule has 0 aliphatic heterocycles. The number of nitriles is 1. The summed E-state index contributed by atoms with van der Waals surface area (Å²) >= 11 is 0. The number of pyridine rings is 2. The molecule has 7 nitrogen and oxygen atoms in total. The van der Waals surface area contributed by atoms with Crippen LogP contribution in [-0.2, 0) is 11.4 Å². The lowest BCUT2D eigenvalue weighted by Gasteiger charge is -2.11. The molecule has 0 unspecified atom stereocenters. The second kappa shape index (κ2) is 6.93. The van der Waals surface area contributed by atoms with Gasteiger partial charge in [0.25, 0.3) is 0 Å². The maximum absolute atomic E-state index is 9.38. The van der Waals surface area contributed by atoms with E-state index in [-0.39, 0.29) is 12.4 Å². The molecular weight excluding hydrogens is 316 g/mol. The van der Waals surface area contributed by atoms with Crippen molar-refractivity contribution in [2.45, 2.75) is 6.61 Å². The molecule has 3 heterocycles. The van der Waals surface area contributed by atoms with E-state index in [0.717, 1.165) is 22.5 Å². The number of aromatic nitrogens is 2. The number of amidine groups is 1. The van der Waals surface area contributed by atoms with E-state index in [0.29, 0.717) is 5.56 Å². The fourth-order valence-electron chi connectivity index (χ4n) is 2.46. The van der Waals surface area contributed by atoms with E-state index < -0.39 is 0 Å². The average molecular weight is 334 g/mol. The van der Waals surface area contributed by atoms with Crippen LogP contribution in [0, 0.1) is 11.3 Å². The van der Waals surface area contributed by atoms with Gasteiger partial charge in [0.1, 0.15) is 18.5 Å². The van der Waals surface area contributed by atoms with Crippen LogP contribution in [0.4, 0.5) is 5.82 Å². The van der Waals surface area contributed by atoms with Crippen molar-refractivity contribution in [2.75, 3.05) is 19.0 Å². The van der Waals surface area contributed by atoms with Crippen molar-refractivity contribution in [3.8, 4) is 6.07 Å². The topological polar surface area (TPSA) is 91.9 Å². The van der Waals surface area contributed by atoms with E-state index in [2.05, 4.69) is 16.2 Å². The Hall–Kier alpha value is -3.53. The van der Waals surface area contributed by atoms with Crippen molar-refractivity contribution >= 4 is 17.2 Å². The molecule has 0 radical (unpaired) electrons. The molecule has 7 heteroatoms. The third-order valence-corrected chi connectivity index (χ3v) is 3.76. The molecule has 0 saturated carbocycles. The summed E-state index contributed by atoms with van der Waals surface area (Å²) in [7, 11) is 3.80. The minimum atomic E-state index is 0.164. The van der Waals surface area contributed by atoms with E-state index in [9.17, 15) is 5.26 Å². The Morgan fingerprint density at radius 1 is 1.40 bits per heavy atom. The van der Waals surface area contributed by atoms with Crippen molar-refractivity contribution in [2.24, 2.45) is 10.9 Å². The van der Waals surface area contributed by atoms with Gasteiger partial charge in [-0.3, -0.25) is 0 Å². The third kappa shape index (κ3) is 3.38. The Labute approximate surface area is 145 Å². The second-order valence-electron chi connectivity index (χ2n) is 5.68. The molecule has 0 fully saturated rings. The van der Waals surface area contributed by atoms with Crippen LogP contribution in [0.15, 0.2) is 54.1 Å². The second-order valence-corrected chi connectivity index (χ2v) is 5.68. The van der Waals surface area contributed by atoms with Crippen molar-refractivity contribution in [1.82, 2.24) is 9.38 Å². The standard InChI is InChI=1S/C18H18N6O/c1-23(2)17-9-13(6-7-21-17)18(20)22-25-12-14-11-24-8-4-3-5-16(24)15(14)10-19/h3-9,11H,12H2,1-2H3,(H2,20,22). The fraction of sp³-hybridized carbons (Fsp3) is 0.167. The molecule has 3 aromatic heterocycles. The fourth-order valence-corrected chi connectivity index (χ4v) is 2.46. The van der Waals surface area contributed by atoms with Gasteiger partial charge in [-0.05, 0) is 24.3 Å². The summed E-state index contributed by atoms with van der Waals surface area (Å²) in [4.78, 5) is 11.5. The molecule has 0 bridgehead atoms. The minimum Gasteiger partial charge on any atom is -0.389 e. The van der Waals surface area contributed by atoms with Gasteiger partial charge in [0.15, 0.2) is 5.84 Å². The van der Waals surface area contributed by atoms with Gasteiger partial charge in [0.2, 0.25) is 0 Å². The van der Waals surface area contributed by atoms with Gasteiger partial charge in [-0.15, -0.1) is 0 Å². The van der Waals surface area contributed by atoms with Crippen molar-refractivity contribution < 1.29 is 4.84 Å². The third-order valence-electron chi connectivity index (χ3n) is 3.76. The van der Waals surface area contributed by atoms with E-state index in [1.165, 1.54) is 0 Å². The van der Waals surface area contributed by atoms with Crippen molar-refractivity contribution in [1.29, 1.82) is 5.26 Å². The Bertz CT molecular complexity index is 967. The molecule has 3 aromatic rings.